The highest BCUT2D eigenvalue weighted by atomic mass is 16.7. The number of aromatic nitrogens is 2. The second kappa shape index (κ2) is 7.96. The van der Waals surface area contributed by atoms with Crippen molar-refractivity contribution in [1.29, 1.82) is 0 Å². The fraction of sp³-hybridized carbons (Fsp3) is 0.190. The number of ether oxygens (including phenoxy) is 2. The fourth-order valence-corrected chi connectivity index (χ4v) is 2.89. The van der Waals surface area contributed by atoms with Gasteiger partial charge in [-0.15, -0.1) is 0 Å². The van der Waals surface area contributed by atoms with Crippen LogP contribution in [0.4, 0.5) is 11.5 Å². The van der Waals surface area contributed by atoms with E-state index in [-0.39, 0.29) is 12.7 Å². The second-order valence-corrected chi connectivity index (χ2v) is 6.45. The van der Waals surface area contributed by atoms with Gasteiger partial charge < -0.3 is 19.7 Å². The van der Waals surface area contributed by atoms with E-state index in [9.17, 15) is 4.79 Å². The number of amides is 1. The minimum absolute atomic E-state index is 0.179. The molecule has 0 spiro atoms. The van der Waals surface area contributed by atoms with Gasteiger partial charge in [-0.1, -0.05) is 0 Å². The van der Waals surface area contributed by atoms with E-state index in [0.717, 1.165) is 18.7 Å². The van der Waals surface area contributed by atoms with Crippen molar-refractivity contribution in [3.8, 4) is 11.5 Å². The average molecular weight is 376 g/mol. The number of likely N-dealkylation sites (N-methyl/N-ethyl adjacent to an activating group) is 1. The Kier molecular flexibility index (Phi) is 5.05. The van der Waals surface area contributed by atoms with Gasteiger partial charge in [0, 0.05) is 31.5 Å². The molecule has 0 atom stereocenters. The van der Waals surface area contributed by atoms with Gasteiger partial charge in [0.15, 0.2) is 11.5 Å². The monoisotopic (exact) mass is 376 g/mol. The molecule has 7 heteroatoms. The molecule has 1 aliphatic heterocycles. The minimum Gasteiger partial charge on any atom is -0.454 e. The van der Waals surface area contributed by atoms with Gasteiger partial charge in [-0.05, 0) is 54.4 Å². The van der Waals surface area contributed by atoms with Crippen LogP contribution in [-0.4, -0.2) is 36.3 Å². The molecule has 1 aliphatic rings. The third kappa shape index (κ3) is 4.03. The molecule has 1 amide bonds. The van der Waals surface area contributed by atoms with Gasteiger partial charge in [-0.2, -0.15) is 0 Å². The normalized spacial score (nSPS) is 11.9. The van der Waals surface area contributed by atoms with Crippen LogP contribution in [0.1, 0.15) is 15.9 Å². The van der Waals surface area contributed by atoms with E-state index in [1.54, 1.807) is 42.9 Å². The van der Waals surface area contributed by atoms with Gasteiger partial charge in [0.1, 0.15) is 5.82 Å². The minimum atomic E-state index is -0.246. The van der Waals surface area contributed by atoms with Crippen LogP contribution in [0.15, 0.2) is 61.1 Å². The number of pyridine rings is 2. The molecule has 0 aliphatic carbocycles. The van der Waals surface area contributed by atoms with Crippen molar-refractivity contribution in [3.63, 3.8) is 0 Å². The number of nitrogens with one attached hydrogen (secondary N) is 1. The molecule has 0 radical (unpaired) electrons. The molecule has 0 saturated carbocycles. The van der Waals surface area contributed by atoms with Crippen LogP contribution in [0, 0.1) is 0 Å². The molecule has 0 bridgehead atoms. The van der Waals surface area contributed by atoms with E-state index in [4.69, 9.17) is 9.47 Å². The summed E-state index contributed by atoms with van der Waals surface area (Å²) in [4.78, 5) is 22.9. The van der Waals surface area contributed by atoms with E-state index in [1.807, 2.05) is 25.2 Å². The van der Waals surface area contributed by atoms with Gasteiger partial charge >= 0.3 is 0 Å². The summed E-state index contributed by atoms with van der Waals surface area (Å²) in [6, 6.07) is 12.9. The standard InChI is InChI=1S/C21H20N4O3/c1-25(11-8-15-6-9-22-10-7-15)17-3-5-20(23-13-17)24-21(26)16-2-4-18-19(12-16)28-14-27-18/h2-7,9-10,12-13H,8,11,14H2,1H3,(H,23,24,26). The zero-order chi connectivity index (χ0) is 19.3. The number of hydrogen-bond acceptors (Lipinski definition) is 6. The van der Waals surface area contributed by atoms with Crippen molar-refractivity contribution in [2.75, 3.05) is 30.6 Å². The van der Waals surface area contributed by atoms with Crippen molar-refractivity contribution >= 4 is 17.4 Å². The van der Waals surface area contributed by atoms with Gasteiger partial charge in [0.25, 0.3) is 5.91 Å². The Hall–Kier alpha value is -3.61. The Morgan fingerprint density at radius 3 is 2.71 bits per heavy atom. The summed E-state index contributed by atoms with van der Waals surface area (Å²) in [6.07, 6.45) is 6.27. The third-order valence-corrected chi connectivity index (χ3v) is 4.55. The molecule has 0 fully saturated rings. The van der Waals surface area contributed by atoms with Crippen molar-refractivity contribution in [3.05, 3.63) is 72.2 Å². The van der Waals surface area contributed by atoms with Gasteiger partial charge in [-0.3, -0.25) is 9.78 Å². The summed E-state index contributed by atoms with van der Waals surface area (Å²) in [7, 11) is 2.02. The highest BCUT2D eigenvalue weighted by Gasteiger charge is 2.16. The lowest BCUT2D eigenvalue weighted by Gasteiger charge is -2.19. The summed E-state index contributed by atoms with van der Waals surface area (Å²) in [5, 5.41) is 2.80. The Morgan fingerprint density at radius 2 is 1.93 bits per heavy atom. The number of anilines is 2. The third-order valence-electron chi connectivity index (χ3n) is 4.55. The number of rotatable bonds is 6. The maximum atomic E-state index is 12.4. The Balaban J connectivity index is 1.35. The molecule has 4 rings (SSSR count). The molecular weight excluding hydrogens is 356 g/mol. The van der Waals surface area contributed by atoms with Crippen LogP contribution in [0.5, 0.6) is 11.5 Å². The summed E-state index contributed by atoms with van der Waals surface area (Å²) < 4.78 is 10.6. The number of hydrogen-bond donors (Lipinski definition) is 1. The Morgan fingerprint density at radius 1 is 1.11 bits per heavy atom. The first-order chi connectivity index (χ1) is 13.7. The van der Waals surface area contributed by atoms with E-state index in [2.05, 4.69) is 20.2 Å². The van der Waals surface area contributed by atoms with E-state index >= 15 is 0 Å². The first kappa shape index (κ1) is 17.8. The summed E-state index contributed by atoms with van der Waals surface area (Å²) in [5.41, 5.74) is 2.71. The Labute approximate surface area is 163 Å². The van der Waals surface area contributed by atoms with Crippen molar-refractivity contribution in [2.24, 2.45) is 0 Å². The largest absolute Gasteiger partial charge is 0.454 e. The predicted molar refractivity (Wildman–Crippen MR) is 106 cm³/mol. The molecule has 7 nitrogen and oxygen atoms in total. The van der Waals surface area contributed by atoms with Crippen LogP contribution in [0.2, 0.25) is 0 Å². The number of carbonyl (C=O) groups excluding carboxylic acids is 1. The number of carbonyl (C=O) groups is 1. The molecule has 1 aromatic carbocycles. The number of fused-ring (bicyclic) bond motifs is 1. The quantitative estimate of drug-likeness (QED) is 0.712. The van der Waals surface area contributed by atoms with Crippen molar-refractivity contribution < 1.29 is 14.3 Å². The lowest BCUT2D eigenvalue weighted by Crippen LogP contribution is -2.20. The highest BCUT2D eigenvalue weighted by molar-refractivity contribution is 6.04. The molecular formula is C21H20N4O3. The number of benzene rings is 1. The summed E-state index contributed by atoms with van der Waals surface area (Å²) in [5.74, 6) is 1.47. The fourth-order valence-electron chi connectivity index (χ4n) is 2.89. The van der Waals surface area contributed by atoms with Gasteiger partial charge in [-0.25, -0.2) is 4.98 Å². The van der Waals surface area contributed by atoms with Crippen LogP contribution in [0.25, 0.3) is 0 Å². The zero-order valence-corrected chi connectivity index (χ0v) is 15.5. The topological polar surface area (TPSA) is 76.6 Å². The second-order valence-electron chi connectivity index (χ2n) is 6.45. The lowest BCUT2D eigenvalue weighted by atomic mass is 10.2. The van der Waals surface area contributed by atoms with Gasteiger partial charge in [0.05, 0.1) is 11.9 Å². The average Bonchev–Trinajstić information content (AvgIpc) is 3.21. The predicted octanol–water partition coefficient (Wildman–Crippen LogP) is 3.14. The van der Waals surface area contributed by atoms with E-state index < -0.39 is 0 Å². The van der Waals surface area contributed by atoms with E-state index in [0.29, 0.717) is 22.9 Å². The molecule has 0 unspecified atom stereocenters. The molecule has 0 saturated heterocycles. The maximum absolute atomic E-state index is 12.4. The molecule has 142 valence electrons. The van der Waals surface area contributed by atoms with Crippen molar-refractivity contribution in [2.45, 2.75) is 6.42 Å². The smallest absolute Gasteiger partial charge is 0.256 e. The highest BCUT2D eigenvalue weighted by Crippen LogP contribution is 2.32. The maximum Gasteiger partial charge on any atom is 0.256 e. The number of nitrogens with zero attached hydrogens (tertiary/aromatic N) is 3. The molecule has 1 N–H and O–H groups in total. The molecule has 3 aromatic rings. The lowest BCUT2D eigenvalue weighted by molar-refractivity contribution is 0.102. The Bertz CT molecular complexity index is 961. The van der Waals surface area contributed by atoms with Crippen LogP contribution >= 0.6 is 0 Å². The van der Waals surface area contributed by atoms with Crippen molar-refractivity contribution in [1.82, 2.24) is 9.97 Å². The molecule has 2 aromatic heterocycles. The van der Waals surface area contributed by atoms with Crippen LogP contribution < -0.4 is 19.7 Å². The molecule has 28 heavy (non-hydrogen) atoms. The first-order valence-electron chi connectivity index (χ1n) is 8.96. The van der Waals surface area contributed by atoms with E-state index in [1.165, 1.54) is 5.56 Å². The summed E-state index contributed by atoms with van der Waals surface area (Å²) >= 11 is 0. The zero-order valence-electron chi connectivity index (χ0n) is 15.5. The van der Waals surface area contributed by atoms with Gasteiger partial charge in [0.2, 0.25) is 6.79 Å². The summed E-state index contributed by atoms with van der Waals surface area (Å²) in [6.45, 7) is 1.03. The first-order valence-corrected chi connectivity index (χ1v) is 8.96. The van der Waals surface area contributed by atoms with Crippen LogP contribution in [-0.2, 0) is 6.42 Å². The molecule has 3 heterocycles. The van der Waals surface area contributed by atoms with Crippen LogP contribution in [0.3, 0.4) is 0 Å². The SMILES string of the molecule is CN(CCc1ccncc1)c1ccc(NC(=O)c2ccc3c(c2)OCO3)nc1.